The maximum Gasteiger partial charge on any atom is 0.331 e. The van der Waals surface area contributed by atoms with Crippen molar-refractivity contribution in [3.63, 3.8) is 0 Å². The van der Waals surface area contributed by atoms with Gasteiger partial charge in [0, 0.05) is 38.9 Å². The molecule has 0 amide bonds. The number of nitrogens with one attached hydrogen (secondary N) is 1. The van der Waals surface area contributed by atoms with Gasteiger partial charge in [-0.25, -0.2) is 4.79 Å². The van der Waals surface area contributed by atoms with Gasteiger partial charge in [0.15, 0.2) is 0 Å². The maximum absolute atomic E-state index is 12.2. The van der Waals surface area contributed by atoms with E-state index < -0.39 is 34.8 Å². The van der Waals surface area contributed by atoms with Crippen LogP contribution < -0.4 is 0 Å². The van der Waals surface area contributed by atoms with Crippen LogP contribution in [0.2, 0.25) is 0 Å². The normalized spacial score (nSPS) is 37.3. The number of carbonyl (C=O) groups is 1. The fourth-order valence-electron chi connectivity index (χ4n) is 11.7. The summed E-state index contributed by atoms with van der Waals surface area (Å²) in [7, 11) is 0. The van der Waals surface area contributed by atoms with Crippen LogP contribution in [0.1, 0.15) is 129 Å². The van der Waals surface area contributed by atoms with Crippen molar-refractivity contribution >= 4 is 22.4 Å². The van der Waals surface area contributed by atoms with Gasteiger partial charge >= 0.3 is 5.97 Å². The van der Waals surface area contributed by atoms with E-state index in [2.05, 4.69) is 91.6 Å². The van der Waals surface area contributed by atoms with Crippen LogP contribution in [0.5, 0.6) is 0 Å². The lowest BCUT2D eigenvalue weighted by atomic mass is 9.40. The summed E-state index contributed by atoms with van der Waals surface area (Å²) in [5, 5.41) is 34.5. The minimum atomic E-state index is -0.923. The second-order valence-electron chi connectivity index (χ2n) is 18.1. The Bertz CT molecular complexity index is 1870. The van der Waals surface area contributed by atoms with Gasteiger partial charge in [-0.05, 0) is 144 Å². The third-order valence-electron chi connectivity index (χ3n) is 14.2. The number of rotatable bonds is 5. The van der Waals surface area contributed by atoms with Gasteiger partial charge in [-0.1, -0.05) is 50.6 Å². The van der Waals surface area contributed by atoms with E-state index in [4.69, 9.17) is 4.74 Å². The summed E-state index contributed by atoms with van der Waals surface area (Å²) in [5.74, 6) is -0.335. The minimum absolute atomic E-state index is 0.0867. The Morgan fingerprint density at radius 1 is 1.04 bits per heavy atom. The van der Waals surface area contributed by atoms with Crippen LogP contribution >= 0.6 is 0 Å². The third kappa shape index (κ3) is 4.79. The topological polar surface area (TPSA) is 103 Å². The number of aliphatic hydroxyl groups is 2. The SMILES string of the molecule is CC(C)=CCc1c2c(cc3c4c([nH]c13)[C@@]1(C)[C@@H](CC[C@H]3[C@@](C)(/C=C/C=C(\C)C(=O)O)[C@@H](O)CC[C@@]31C)C4)C1=CC(C)(C)OC(C)(C)[C@H]1[C@@H]2O. The lowest BCUT2D eigenvalue weighted by Crippen LogP contribution is -2.61. The smallest absolute Gasteiger partial charge is 0.331 e. The molecule has 0 unspecified atom stereocenters. The molecule has 49 heavy (non-hydrogen) atoms. The highest BCUT2D eigenvalue weighted by Gasteiger charge is 2.66. The Kier molecular flexibility index (Phi) is 7.77. The summed E-state index contributed by atoms with van der Waals surface area (Å²) in [6.45, 7) is 21.5. The summed E-state index contributed by atoms with van der Waals surface area (Å²) in [6, 6.07) is 2.40. The number of benzene rings is 1. The van der Waals surface area contributed by atoms with E-state index in [-0.39, 0.29) is 28.2 Å². The number of hydrogen-bond acceptors (Lipinski definition) is 4. The number of fused-ring (bicyclic) bond motifs is 10. The molecule has 1 aliphatic heterocycles. The van der Waals surface area contributed by atoms with Crippen molar-refractivity contribution < 1.29 is 24.9 Å². The molecule has 1 aromatic heterocycles. The van der Waals surface area contributed by atoms with Crippen molar-refractivity contribution in [2.75, 3.05) is 0 Å². The molecule has 6 heteroatoms. The standard InChI is InChI=1S/C43H57NO5/c1-23(2)13-15-26-33-27(30-22-39(4,5)49-40(6,7)34(30)36(33)46)21-28-29-20-25-14-16-31-41(8,18-11-12-24(3)38(47)48)32(45)17-19-42(31,9)43(25,10)37(29)44-35(26)28/h11-13,18,21-22,25,31-32,34,36,44-46H,14-17,19-20H2,1-10H3,(H,47,48)/b18-11+,24-12+/t25-,31-,32-,34+,36+,41+,42-,43+/m0/s1. The van der Waals surface area contributed by atoms with Crippen molar-refractivity contribution in [3.8, 4) is 0 Å². The van der Waals surface area contributed by atoms with Gasteiger partial charge in [-0.3, -0.25) is 0 Å². The van der Waals surface area contributed by atoms with Crippen LogP contribution in [-0.4, -0.2) is 43.6 Å². The van der Waals surface area contributed by atoms with Crippen molar-refractivity contribution in [3.05, 3.63) is 75.5 Å². The Morgan fingerprint density at radius 2 is 1.76 bits per heavy atom. The van der Waals surface area contributed by atoms with E-state index in [1.54, 1.807) is 13.0 Å². The number of ether oxygens (including phenoxy) is 1. The van der Waals surface area contributed by atoms with Crippen LogP contribution in [0, 0.1) is 28.6 Å². The molecule has 5 aliphatic rings. The van der Waals surface area contributed by atoms with Crippen LogP contribution in [0.4, 0.5) is 0 Å². The molecule has 4 N–H and O–H groups in total. The number of hydrogen-bond donors (Lipinski definition) is 4. The first kappa shape index (κ1) is 34.5. The number of carboxylic acid groups (broad SMARTS) is 1. The van der Waals surface area contributed by atoms with Gasteiger partial charge in [0.25, 0.3) is 0 Å². The summed E-state index contributed by atoms with van der Waals surface area (Å²) in [4.78, 5) is 15.6. The number of aliphatic carboxylic acids is 1. The number of aromatic amines is 1. The fourth-order valence-corrected chi connectivity index (χ4v) is 11.7. The summed E-state index contributed by atoms with van der Waals surface area (Å²) in [6.07, 6.45) is 14.6. The molecule has 2 fully saturated rings. The van der Waals surface area contributed by atoms with Crippen molar-refractivity contribution in [1.82, 2.24) is 4.98 Å². The number of aromatic nitrogens is 1. The summed E-state index contributed by atoms with van der Waals surface area (Å²) >= 11 is 0. The van der Waals surface area contributed by atoms with E-state index in [9.17, 15) is 20.1 Å². The number of H-pyrrole nitrogens is 1. The van der Waals surface area contributed by atoms with Crippen LogP contribution in [0.3, 0.4) is 0 Å². The Labute approximate surface area is 292 Å². The van der Waals surface area contributed by atoms with E-state index in [0.29, 0.717) is 12.3 Å². The number of allylic oxidation sites excluding steroid dienone is 4. The molecule has 7 rings (SSSR count). The molecule has 2 aromatic rings. The molecule has 1 aromatic carbocycles. The van der Waals surface area contributed by atoms with Gasteiger partial charge in [0.1, 0.15) is 0 Å². The average molecular weight is 668 g/mol. The van der Waals surface area contributed by atoms with Gasteiger partial charge in [0.05, 0.1) is 23.4 Å². The molecule has 8 atom stereocenters. The highest BCUT2D eigenvalue weighted by Crippen LogP contribution is 2.70. The van der Waals surface area contributed by atoms with E-state index in [1.807, 2.05) is 6.08 Å². The highest BCUT2D eigenvalue weighted by molar-refractivity contribution is 5.96. The van der Waals surface area contributed by atoms with Gasteiger partial charge in [0.2, 0.25) is 0 Å². The van der Waals surface area contributed by atoms with Crippen molar-refractivity contribution in [1.29, 1.82) is 0 Å². The molecule has 264 valence electrons. The van der Waals surface area contributed by atoms with Crippen LogP contribution in [0.25, 0.3) is 16.5 Å². The molecular weight excluding hydrogens is 610 g/mol. The van der Waals surface area contributed by atoms with Crippen molar-refractivity contribution in [2.45, 2.75) is 137 Å². The Morgan fingerprint density at radius 3 is 2.43 bits per heavy atom. The first-order chi connectivity index (χ1) is 22.8. The van der Waals surface area contributed by atoms with Crippen molar-refractivity contribution in [2.24, 2.45) is 28.6 Å². The predicted molar refractivity (Wildman–Crippen MR) is 196 cm³/mol. The van der Waals surface area contributed by atoms with E-state index >= 15 is 0 Å². The summed E-state index contributed by atoms with van der Waals surface area (Å²) in [5.41, 5.74) is 8.48. The molecule has 0 saturated heterocycles. The molecule has 4 aliphatic carbocycles. The monoisotopic (exact) mass is 667 g/mol. The zero-order valence-corrected chi connectivity index (χ0v) is 31.3. The number of carboxylic acids is 1. The van der Waals surface area contributed by atoms with E-state index in [1.165, 1.54) is 38.9 Å². The third-order valence-corrected chi connectivity index (χ3v) is 14.2. The molecule has 2 heterocycles. The summed E-state index contributed by atoms with van der Waals surface area (Å²) < 4.78 is 6.57. The molecule has 0 radical (unpaired) electrons. The molecule has 2 saturated carbocycles. The first-order valence-corrected chi connectivity index (χ1v) is 18.5. The predicted octanol–water partition coefficient (Wildman–Crippen LogP) is 8.91. The first-order valence-electron chi connectivity index (χ1n) is 18.5. The Hall–Kier alpha value is -2.93. The number of aliphatic hydroxyl groups excluding tert-OH is 2. The molecular formula is C43H57NO5. The fraction of sp³-hybridized carbons (Fsp3) is 0.605. The zero-order chi connectivity index (χ0) is 35.6. The van der Waals surface area contributed by atoms with Crippen LogP contribution in [0.15, 0.2) is 47.6 Å². The largest absolute Gasteiger partial charge is 0.478 e. The maximum atomic E-state index is 12.2. The second-order valence-corrected chi connectivity index (χ2v) is 18.1. The van der Waals surface area contributed by atoms with Gasteiger partial charge in [-0.2, -0.15) is 0 Å². The van der Waals surface area contributed by atoms with Crippen LogP contribution in [-0.2, 0) is 27.8 Å². The highest BCUT2D eigenvalue weighted by atomic mass is 16.5. The Balaban J connectivity index is 1.41. The minimum Gasteiger partial charge on any atom is -0.478 e. The quantitative estimate of drug-likeness (QED) is 0.145. The van der Waals surface area contributed by atoms with E-state index in [0.717, 1.165) is 43.2 Å². The average Bonchev–Trinajstić information content (AvgIpc) is 3.60. The molecule has 0 spiro atoms. The van der Waals surface area contributed by atoms with Gasteiger partial charge in [-0.15, -0.1) is 0 Å². The lowest BCUT2D eigenvalue weighted by Gasteiger charge is -2.64. The van der Waals surface area contributed by atoms with Gasteiger partial charge < -0.3 is 25.0 Å². The molecule has 0 bridgehead atoms. The second kappa shape index (κ2) is 11.0. The lowest BCUT2D eigenvalue weighted by molar-refractivity contribution is -0.144. The molecule has 6 nitrogen and oxygen atoms in total. The zero-order valence-electron chi connectivity index (χ0n) is 31.3.